The summed E-state index contributed by atoms with van der Waals surface area (Å²) in [7, 11) is 1.36. The van der Waals surface area contributed by atoms with Crippen molar-refractivity contribution < 1.29 is 23.8 Å². The number of piperidine rings is 1. The Morgan fingerprint density at radius 3 is 2.45 bits per heavy atom. The van der Waals surface area contributed by atoms with Gasteiger partial charge in [0.1, 0.15) is 6.61 Å². The van der Waals surface area contributed by atoms with Gasteiger partial charge in [0.2, 0.25) is 0 Å². The topological polar surface area (TPSA) is 65.1 Å². The minimum atomic E-state index is -0.383. The van der Waals surface area contributed by atoms with Gasteiger partial charge in [-0.3, -0.25) is 0 Å². The van der Waals surface area contributed by atoms with Gasteiger partial charge in [-0.1, -0.05) is 42.5 Å². The molecule has 0 radical (unpaired) electrons. The van der Waals surface area contributed by atoms with Crippen molar-refractivity contribution in [2.75, 3.05) is 20.3 Å². The number of carbonyl (C=O) groups is 2. The summed E-state index contributed by atoms with van der Waals surface area (Å²) in [6, 6.07) is 16.6. The van der Waals surface area contributed by atoms with E-state index in [0.717, 1.165) is 17.5 Å². The molecule has 2 aromatic carbocycles. The number of esters is 1. The lowest BCUT2D eigenvalue weighted by Crippen LogP contribution is -2.43. The summed E-state index contributed by atoms with van der Waals surface area (Å²) in [5.74, 6) is -0.383. The van der Waals surface area contributed by atoms with Crippen molar-refractivity contribution in [1.82, 2.24) is 4.90 Å². The van der Waals surface area contributed by atoms with E-state index in [9.17, 15) is 9.59 Å². The van der Waals surface area contributed by atoms with Crippen LogP contribution < -0.4 is 0 Å². The molecule has 2 atom stereocenters. The Morgan fingerprint density at radius 2 is 1.79 bits per heavy atom. The number of carbonyl (C=O) groups excluding carboxylic acids is 2. The van der Waals surface area contributed by atoms with Crippen LogP contribution >= 0.6 is 0 Å². The zero-order chi connectivity index (χ0) is 20.6. The summed E-state index contributed by atoms with van der Waals surface area (Å²) >= 11 is 0. The quantitative estimate of drug-likeness (QED) is 0.678. The van der Waals surface area contributed by atoms with Crippen molar-refractivity contribution in [3.8, 4) is 0 Å². The molecule has 3 rings (SSSR count). The van der Waals surface area contributed by atoms with Crippen LogP contribution in [0, 0.1) is 0 Å². The summed E-state index contributed by atoms with van der Waals surface area (Å²) in [6.45, 7) is 3.40. The highest BCUT2D eigenvalue weighted by atomic mass is 16.6. The smallest absolute Gasteiger partial charge is 0.410 e. The fourth-order valence-corrected chi connectivity index (χ4v) is 3.62. The zero-order valence-corrected chi connectivity index (χ0v) is 16.9. The molecule has 1 aliphatic heterocycles. The van der Waals surface area contributed by atoms with Crippen molar-refractivity contribution in [3.05, 3.63) is 71.3 Å². The van der Waals surface area contributed by atoms with E-state index >= 15 is 0 Å². The van der Waals surface area contributed by atoms with Crippen LogP contribution in [0.2, 0.25) is 0 Å². The van der Waals surface area contributed by atoms with E-state index in [-0.39, 0.29) is 30.8 Å². The van der Waals surface area contributed by atoms with Gasteiger partial charge in [0.05, 0.1) is 24.8 Å². The fourth-order valence-electron chi connectivity index (χ4n) is 3.62. The van der Waals surface area contributed by atoms with Gasteiger partial charge in [-0.15, -0.1) is 0 Å². The van der Waals surface area contributed by atoms with Crippen LogP contribution in [0.25, 0.3) is 0 Å². The van der Waals surface area contributed by atoms with E-state index in [2.05, 4.69) is 0 Å². The van der Waals surface area contributed by atoms with Crippen molar-refractivity contribution in [3.63, 3.8) is 0 Å². The summed E-state index contributed by atoms with van der Waals surface area (Å²) in [6.07, 6.45) is 1.20. The van der Waals surface area contributed by atoms with E-state index < -0.39 is 0 Å². The fraction of sp³-hybridized carbons (Fsp3) is 0.391. The van der Waals surface area contributed by atoms with Gasteiger partial charge < -0.3 is 19.1 Å². The van der Waals surface area contributed by atoms with Crippen molar-refractivity contribution in [2.24, 2.45) is 0 Å². The Kier molecular flexibility index (Phi) is 7.25. The molecule has 0 aromatic heterocycles. The van der Waals surface area contributed by atoms with Gasteiger partial charge in [-0.2, -0.15) is 0 Å². The van der Waals surface area contributed by atoms with E-state index in [1.165, 1.54) is 7.11 Å². The second kappa shape index (κ2) is 10.1. The molecule has 0 saturated carbocycles. The summed E-state index contributed by atoms with van der Waals surface area (Å²) in [5, 5.41) is 0. The van der Waals surface area contributed by atoms with Crippen LogP contribution in [0.5, 0.6) is 0 Å². The zero-order valence-electron chi connectivity index (χ0n) is 16.9. The predicted octanol–water partition coefficient (Wildman–Crippen LogP) is 4.35. The van der Waals surface area contributed by atoms with Gasteiger partial charge in [0.15, 0.2) is 0 Å². The normalized spacial score (nSPS) is 18.9. The molecular formula is C23H27NO5. The first-order valence-electron chi connectivity index (χ1n) is 9.89. The molecule has 6 heteroatoms. The number of rotatable bonds is 6. The standard InChI is InChI=1S/C23H27NO5/c1-3-28-20-13-14-24(23(26)29-16-17-7-5-4-6-8-17)21(15-20)18-9-11-19(12-10-18)22(25)27-2/h4-12,20-21H,3,13-16H2,1-2H3/t20-,21+/m1/s1. The number of hydrogen-bond donors (Lipinski definition) is 0. The lowest BCUT2D eigenvalue weighted by Gasteiger charge is -2.38. The number of methoxy groups -OCH3 is 1. The predicted molar refractivity (Wildman–Crippen MR) is 109 cm³/mol. The van der Waals surface area contributed by atoms with E-state index in [1.807, 2.05) is 49.4 Å². The highest BCUT2D eigenvalue weighted by Crippen LogP contribution is 2.33. The Bertz CT molecular complexity index is 806. The molecule has 0 spiro atoms. The Balaban J connectivity index is 1.74. The van der Waals surface area contributed by atoms with Crippen LogP contribution in [0.3, 0.4) is 0 Å². The molecule has 154 valence electrons. The van der Waals surface area contributed by atoms with Crippen molar-refractivity contribution in [1.29, 1.82) is 0 Å². The highest BCUT2D eigenvalue weighted by Gasteiger charge is 2.34. The number of ether oxygens (including phenoxy) is 3. The van der Waals surface area contributed by atoms with Crippen molar-refractivity contribution in [2.45, 2.75) is 38.5 Å². The maximum atomic E-state index is 12.8. The monoisotopic (exact) mass is 397 g/mol. The maximum absolute atomic E-state index is 12.8. The first-order valence-corrected chi connectivity index (χ1v) is 9.89. The molecule has 0 bridgehead atoms. The van der Waals surface area contributed by atoms with E-state index in [1.54, 1.807) is 17.0 Å². The van der Waals surface area contributed by atoms with Crippen LogP contribution in [-0.4, -0.2) is 43.3 Å². The molecule has 1 saturated heterocycles. The first kappa shape index (κ1) is 20.9. The molecule has 1 heterocycles. The number of nitrogens with zero attached hydrogens (tertiary/aromatic N) is 1. The third-order valence-corrected chi connectivity index (χ3v) is 5.11. The number of hydrogen-bond acceptors (Lipinski definition) is 5. The van der Waals surface area contributed by atoms with E-state index in [4.69, 9.17) is 14.2 Å². The van der Waals surface area contributed by atoms with Gasteiger partial charge in [-0.25, -0.2) is 9.59 Å². The van der Waals surface area contributed by atoms with Gasteiger partial charge in [0, 0.05) is 13.2 Å². The van der Waals surface area contributed by atoms with Crippen LogP contribution in [0.4, 0.5) is 4.79 Å². The first-order chi connectivity index (χ1) is 14.1. The molecule has 2 aromatic rings. The Morgan fingerprint density at radius 1 is 1.07 bits per heavy atom. The SMILES string of the molecule is CCO[C@@H]1CCN(C(=O)OCc2ccccc2)[C@H](c2ccc(C(=O)OC)cc2)C1. The van der Waals surface area contributed by atoms with Gasteiger partial charge >= 0.3 is 12.1 Å². The summed E-state index contributed by atoms with van der Waals surface area (Å²) < 4.78 is 16.1. The third kappa shape index (κ3) is 5.35. The Hall–Kier alpha value is -2.86. The molecule has 0 N–H and O–H groups in total. The van der Waals surface area contributed by atoms with Crippen LogP contribution in [0.15, 0.2) is 54.6 Å². The maximum Gasteiger partial charge on any atom is 0.410 e. The second-order valence-electron chi connectivity index (χ2n) is 6.96. The number of likely N-dealkylation sites (tertiary alicyclic amines) is 1. The minimum absolute atomic E-state index is 0.0865. The largest absolute Gasteiger partial charge is 0.465 e. The number of benzene rings is 2. The second-order valence-corrected chi connectivity index (χ2v) is 6.96. The number of amides is 1. The molecule has 1 aliphatic rings. The molecule has 1 amide bonds. The highest BCUT2D eigenvalue weighted by molar-refractivity contribution is 5.89. The summed E-state index contributed by atoms with van der Waals surface area (Å²) in [4.78, 5) is 26.3. The molecule has 29 heavy (non-hydrogen) atoms. The lowest BCUT2D eigenvalue weighted by molar-refractivity contribution is -0.0125. The van der Waals surface area contributed by atoms with E-state index in [0.29, 0.717) is 25.1 Å². The average Bonchev–Trinajstić information content (AvgIpc) is 2.78. The van der Waals surface area contributed by atoms with Crippen molar-refractivity contribution >= 4 is 12.1 Å². The molecule has 1 fully saturated rings. The van der Waals surface area contributed by atoms with Gasteiger partial charge in [0.25, 0.3) is 0 Å². The van der Waals surface area contributed by atoms with Crippen LogP contribution in [-0.2, 0) is 20.8 Å². The lowest BCUT2D eigenvalue weighted by atomic mass is 9.93. The molecular weight excluding hydrogens is 370 g/mol. The van der Waals surface area contributed by atoms with Gasteiger partial charge in [-0.05, 0) is 43.0 Å². The molecule has 0 aliphatic carbocycles. The molecule has 6 nitrogen and oxygen atoms in total. The minimum Gasteiger partial charge on any atom is -0.465 e. The average molecular weight is 397 g/mol. The third-order valence-electron chi connectivity index (χ3n) is 5.11. The Labute approximate surface area is 171 Å². The van der Waals surface area contributed by atoms with Crippen LogP contribution in [0.1, 0.15) is 47.3 Å². The summed E-state index contributed by atoms with van der Waals surface area (Å²) in [5.41, 5.74) is 2.37. The molecule has 0 unspecified atom stereocenters.